The second-order valence-electron chi connectivity index (χ2n) is 8.95. The summed E-state index contributed by atoms with van der Waals surface area (Å²) in [6, 6.07) is 10.0. The van der Waals surface area contributed by atoms with E-state index in [-0.39, 0.29) is 29.3 Å². The van der Waals surface area contributed by atoms with E-state index in [1.54, 1.807) is 0 Å². The molecule has 1 aromatic heterocycles. The normalized spacial score (nSPS) is 22.9. The second-order valence-corrected chi connectivity index (χ2v) is 10.6. The molecule has 8 heteroatoms. The van der Waals surface area contributed by atoms with Gasteiger partial charge < -0.3 is 4.90 Å². The number of Topliss-reactive ketones (excluding diaryl/α,β-unsaturated/α-hetero) is 1. The summed E-state index contributed by atoms with van der Waals surface area (Å²) in [5.74, 6) is 1.61. The van der Waals surface area contributed by atoms with Gasteiger partial charge >= 0.3 is 0 Å². The fourth-order valence-corrected chi connectivity index (χ4v) is 5.64. The lowest BCUT2D eigenvalue weighted by Gasteiger charge is -2.36. The monoisotopic (exact) mass is 468 g/mol. The lowest BCUT2D eigenvalue weighted by Crippen LogP contribution is -2.41. The van der Waals surface area contributed by atoms with Crippen molar-refractivity contribution in [3.63, 3.8) is 0 Å². The van der Waals surface area contributed by atoms with Crippen LogP contribution < -0.4 is 5.32 Å². The first-order valence-corrected chi connectivity index (χ1v) is 12.4. The topological polar surface area (TPSA) is 75.2 Å². The Morgan fingerprint density at radius 3 is 2.62 bits per heavy atom. The van der Waals surface area contributed by atoms with Crippen LogP contribution >= 0.6 is 24.0 Å². The molecule has 1 saturated heterocycles. The molecule has 2 aromatic rings. The van der Waals surface area contributed by atoms with Crippen LogP contribution in [0, 0.1) is 11.8 Å². The number of benzene rings is 1. The third-order valence-corrected chi connectivity index (χ3v) is 7.54. The molecule has 2 aliphatic rings. The number of amides is 1. The van der Waals surface area contributed by atoms with Gasteiger partial charge in [0.2, 0.25) is 11.9 Å². The summed E-state index contributed by atoms with van der Waals surface area (Å²) in [6.45, 7) is 6.37. The molecule has 1 aromatic carbocycles. The van der Waals surface area contributed by atoms with Crippen LogP contribution in [-0.4, -0.2) is 49.7 Å². The molecule has 0 saturated carbocycles. The van der Waals surface area contributed by atoms with E-state index in [2.05, 4.69) is 34.0 Å². The molecule has 1 N–H and O–H groups in total. The number of piperidine rings is 1. The third kappa shape index (κ3) is 5.53. The summed E-state index contributed by atoms with van der Waals surface area (Å²) < 4.78 is 0.765. The van der Waals surface area contributed by atoms with Crippen molar-refractivity contribution >= 4 is 45.9 Å². The molecule has 2 heterocycles. The second kappa shape index (κ2) is 10.1. The maximum Gasteiger partial charge on any atom is 0.237 e. The van der Waals surface area contributed by atoms with Gasteiger partial charge in [-0.3, -0.25) is 14.9 Å². The molecule has 6 nitrogen and oxygen atoms in total. The van der Waals surface area contributed by atoms with Crippen LogP contribution in [-0.2, 0) is 11.2 Å². The van der Waals surface area contributed by atoms with Gasteiger partial charge in [0, 0.05) is 25.7 Å². The number of nitrogens with zero attached hydrogens (tertiary/aromatic N) is 3. The standard InChI is InChI=1S/C24H28N4O2S2/c1-15-8-16(2)13-28(12-15)24(31)32-14-22(30)27-23-25-11-19-20(26-23)9-18(10-21(19)29)17-6-4-3-5-7-17/h3-7,11,15-16,18H,8-10,12-14H2,1-2H3,(H,25,26,27,30)/t15-,16+,18-/m1/s1. The van der Waals surface area contributed by atoms with E-state index in [1.807, 2.05) is 30.3 Å². The number of carbonyl (C=O) groups is 2. The van der Waals surface area contributed by atoms with Crippen molar-refractivity contribution in [1.82, 2.24) is 14.9 Å². The van der Waals surface area contributed by atoms with E-state index < -0.39 is 0 Å². The Bertz CT molecular complexity index is 1000. The molecule has 1 aliphatic heterocycles. The molecule has 4 rings (SSSR count). The molecule has 0 spiro atoms. The van der Waals surface area contributed by atoms with Crippen molar-refractivity contribution in [3.8, 4) is 0 Å². The van der Waals surface area contributed by atoms with E-state index in [9.17, 15) is 9.59 Å². The molecule has 0 radical (unpaired) electrons. The average molecular weight is 469 g/mol. The molecule has 168 valence electrons. The molecule has 1 aliphatic carbocycles. The van der Waals surface area contributed by atoms with Gasteiger partial charge in [0.1, 0.15) is 4.32 Å². The number of ketones is 1. The lowest BCUT2D eigenvalue weighted by atomic mass is 9.82. The number of hydrogen-bond acceptors (Lipinski definition) is 6. The van der Waals surface area contributed by atoms with E-state index in [0.29, 0.717) is 35.9 Å². The number of thioether (sulfide) groups is 1. The Labute approximate surface area is 198 Å². The predicted molar refractivity (Wildman–Crippen MR) is 132 cm³/mol. The summed E-state index contributed by atoms with van der Waals surface area (Å²) >= 11 is 6.93. The maximum absolute atomic E-state index is 12.6. The Morgan fingerprint density at radius 2 is 1.91 bits per heavy atom. The van der Waals surface area contributed by atoms with Gasteiger partial charge in [-0.25, -0.2) is 9.97 Å². The van der Waals surface area contributed by atoms with E-state index in [1.165, 1.54) is 24.4 Å². The fraction of sp³-hybridized carbons (Fsp3) is 0.458. The molecule has 0 bridgehead atoms. The zero-order valence-corrected chi connectivity index (χ0v) is 20.0. The van der Waals surface area contributed by atoms with Gasteiger partial charge in [-0.15, -0.1) is 0 Å². The van der Waals surface area contributed by atoms with Crippen LogP contribution in [0.4, 0.5) is 5.95 Å². The third-order valence-electron chi connectivity index (χ3n) is 6.02. The first-order valence-electron chi connectivity index (χ1n) is 11.0. The zero-order chi connectivity index (χ0) is 22.7. The summed E-state index contributed by atoms with van der Waals surface area (Å²) in [4.78, 5) is 36.0. The van der Waals surface area contributed by atoms with E-state index in [4.69, 9.17) is 12.2 Å². The van der Waals surface area contributed by atoms with Crippen molar-refractivity contribution in [1.29, 1.82) is 0 Å². The number of rotatable bonds is 4. The first kappa shape index (κ1) is 22.9. The number of fused-ring (bicyclic) bond motifs is 1. The van der Waals surface area contributed by atoms with Crippen LogP contribution in [0.5, 0.6) is 0 Å². The van der Waals surface area contributed by atoms with Gasteiger partial charge in [0.05, 0.1) is 17.0 Å². The molecule has 0 unspecified atom stereocenters. The van der Waals surface area contributed by atoms with Gasteiger partial charge in [-0.2, -0.15) is 0 Å². The van der Waals surface area contributed by atoms with Crippen molar-refractivity contribution in [2.45, 2.75) is 39.0 Å². The van der Waals surface area contributed by atoms with Crippen LogP contribution in [0.1, 0.15) is 54.2 Å². The molecular weight excluding hydrogens is 440 g/mol. The summed E-state index contributed by atoms with van der Waals surface area (Å²) in [7, 11) is 0. The number of likely N-dealkylation sites (tertiary alicyclic amines) is 1. The van der Waals surface area contributed by atoms with Crippen molar-refractivity contribution in [2.24, 2.45) is 11.8 Å². The van der Waals surface area contributed by atoms with Crippen molar-refractivity contribution < 1.29 is 9.59 Å². The lowest BCUT2D eigenvalue weighted by molar-refractivity contribution is -0.113. The highest BCUT2D eigenvalue weighted by molar-refractivity contribution is 8.23. The largest absolute Gasteiger partial charge is 0.357 e. The maximum atomic E-state index is 12.6. The van der Waals surface area contributed by atoms with Gasteiger partial charge in [0.15, 0.2) is 5.78 Å². The van der Waals surface area contributed by atoms with E-state index >= 15 is 0 Å². The van der Waals surface area contributed by atoms with Crippen LogP contribution in [0.25, 0.3) is 0 Å². The van der Waals surface area contributed by atoms with E-state index in [0.717, 1.165) is 23.0 Å². The number of thiocarbonyl (C=S) groups is 1. The van der Waals surface area contributed by atoms with Crippen LogP contribution in [0.3, 0.4) is 0 Å². The van der Waals surface area contributed by atoms with Gasteiger partial charge in [0.25, 0.3) is 0 Å². The summed E-state index contributed by atoms with van der Waals surface area (Å²) in [5.41, 5.74) is 2.38. The molecule has 32 heavy (non-hydrogen) atoms. The Morgan fingerprint density at radius 1 is 1.19 bits per heavy atom. The molecule has 1 fully saturated rings. The molecule has 1 amide bonds. The number of aromatic nitrogens is 2. The van der Waals surface area contributed by atoms with Gasteiger partial charge in [-0.05, 0) is 36.2 Å². The summed E-state index contributed by atoms with van der Waals surface area (Å²) in [5, 5.41) is 2.77. The van der Waals surface area contributed by atoms with Crippen LogP contribution in [0.15, 0.2) is 36.5 Å². The minimum absolute atomic E-state index is 0.0453. The minimum atomic E-state index is -0.197. The highest BCUT2D eigenvalue weighted by Crippen LogP contribution is 2.32. The number of anilines is 1. The molecule has 3 atom stereocenters. The quantitative estimate of drug-likeness (QED) is 0.670. The molecular formula is C24H28N4O2S2. The number of nitrogens with one attached hydrogen (secondary N) is 1. The summed E-state index contributed by atoms with van der Waals surface area (Å²) in [6.07, 6.45) is 3.86. The fourth-order valence-electron chi connectivity index (χ4n) is 4.66. The number of hydrogen-bond donors (Lipinski definition) is 1. The van der Waals surface area contributed by atoms with Crippen molar-refractivity contribution in [2.75, 3.05) is 24.2 Å². The Kier molecular flexibility index (Phi) is 7.20. The predicted octanol–water partition coefficient (Wildman–Crippen LogP) is 4.32. The highest BCUT2D eigenvalue weighted by Gasteiger charge is 2.28. The van der Waals surface area contributed by atoms with Crippen LogP contribution in [0.2, 0.25) is 0 Å². The Hall–Kier alpha value is -2.32. The van der Waals surface area contributed by atoms with Gasteiger partial charge in [-0.1, -0.05) is 68.2 Å². The smallest absolute Gasteiger partial charge is 0.237 e. The highest BCUT2D eigenvalue weighted by atomic mass is 32.2. The first-order chi connectivity index (χ1) is 15.4. The van der Waals surface area contributed by atoms with Crippen molar-refractivity contribution in [3.05, 3.63) is 53.3 Å². The Balaban J connectivity index is 1.35. The average Bonchev–Trinajstić information content (AvgIpc) is 2.77. The number of carbonyl (C=O) groups excluding carboxylic acids is 2. The zero-order valence-electron chi connectivity index (χ0n) is 18.4. The minimum Gasteiger partial charge on any atom is -0.357 e. The SMILES string of the molecule is C[C@@H]1C[C@H](C)CN(C(=S)SCC(=O)Nc2ncc3c(n2)C[C@@H](c2ccccc2)CC3=O)C1.